The summed E-state index contributed by atoms with van der Waals surface area (Å²) < 4.78 is 13.3. The van der Waals surface area contributed by atoms with E-state index in [1.165, 1.54) is 12.4 Å². The molecule has 1 saturated heterocycles. The van der Waals surface area contributed by atoms with Crippen LogP contribution >= 0.6 is 0 Å². The van der Waals surface area contributed by atoms with Crippen LogP contribution in [0.15, 0.2) is 67.5 Å². The zero-order valence-electron chi connectivity index (χ0n) is 21.1. The molecule has 2 aliphatic heterocycles. The number of likely N-dealkylation sites (tertiary alicyclic amines) is 1. The summed E-state index contributed by atoms with van der Waals surface area (Å²) in [7, 11) is 0. The Balaban J connectivity index is 1.34. The number of nitrogens with two attached hydrogens (primary N) is 1. The van der Waals surface area contributed by atoms with Crippen LogP contribution in [0.3, 0.4) is 0 Å². The topological polar surface area (TPSA) is 137 Å². The largest absolute Gasteiger partial charge is 0.467 e. The third-order valence-electron chi connectivity index (χ3n) is 7.06. The third kappa shape index (κ3) is 4.57. The lowest BCUT2D eigenvalue weighted by Gasteiger charge is -2.32. The zero-order chi connectivity index (χ0) is 26.9. The fraction of sp³-hybridized carbons (Fsp3) is 0.250. The van der Waals surface area contributed by atoms with Crippen LogP contribution in [0.2, 0.25) is 0 Å². The molecule has 39 heavy (non-hydrogen) atoms. The summed E-state index contributed by atoms with van der Waals surface area (Å²) in [4.78, 5) is 35.5. The molecule has 0 bridgehead atoms. The molecule has 4 heterocycles. The number of carbonyl (C=O) groups is 2. The smallest absolute Gasteiger partial charge is 0.253 e. The average molecular weight is 526 g/mol. The molecule has 6 rings (SSSR count). The van der Waals surface area contributed by atoms with Gasteiger partial charge in [-0.05, 0) is 37.1 Å². The zero-order valence-corrected chi connectivity index (χ0v) is 21.1. The third-order valence-corrected chi connectivity index (χ3v) is 7.06. The fourth-order valence-corrected chi connectivity index (χ4v) is 5.13. The van der Waals surface area contributed by atoms with Crippen molar-refractivity contribution in [2.75, 3.05) is 25.6 Å². The number of carbonyl (C=O) groups excluding carboxylic acids is 2. The lowest BCUT2D eigenvalue weighted by atomic mass is 10.0. The summed E-state index contributed by atoms with van der Waals surface area (Å²) in [6.07, 6.45) is 3.76. The number of hydrogen-bond donors (Lipinski definition) is 2. The minimum absolute atomic E-state index is 0.0220. The maximum Gasteiger partial charge on any atom is 0.253 e. The van der Waals surface area contributed by atoms with Gasteiger partial charge in [0, 0.05) is 29.8 Å². The van der Waals surface area contributed by atoms with Gasteiger partial charge in [-0.15, -0.1) is 0 Å². The van der Waals surface area contributed by atoms with Crippen LogP contribution in [-0.2, 0) is 9.53 Å². The van der Waals surface area contributed by atoms with E-state index in [2.05, 4.69) is 21.9 Å². The monoisotopic (exact) mass is 525 g/mol. The second kappa shape index (κ2) is 10.2. The van der Waals surface area contributed by atoms with Gasteiger partial charge in [0.1, 0.15) is 23.6 Å². The fourth-order valence-electron chi connectivity index (χ4n) is 5.13. The van der Waals surface area contributed by atoms with E-state index < -0.39 is 6.23 Å². The Hall–Kier alpha value is -4.77. The summed E-state index contributed by atoms with van der Waals surface area (Å²) >= 11 is 0. The van der Waals surface area contributed by atoms with Gasteiger partial charge in [-0.25, -0.2) is 14.6 Å². The number of piperidine rings is 1. The summed E-state index contributed by atoms with van der Waals surface area (Å²) in [5, 5.41) is 8.48. The van der Waals surface area contributed by atoms with Crippen LogP contribution in [0.25, 0.3) is 22.3 Å². The quantitative estimate of drug-likeness (QED) is 0.379. The van der Waals surface area contributed by atoms with E-state index in [4.69, 9.17) is 20.3 Å². The van der Waals surface area contributed by atoms with E-state index in [-0.39, 0.29) is 24.6 Å². The van der Waals surface area contributed by atoms with E-state index >= 15 is 0 Å². The molecule has 2 aromatic heterocycles. The average Bonchev–Trinajstić information content (AvgIpc) is 3.38. The Labute approximate surface area is 224 Å². The number of ether oxygens (including phenoxy) is 2. The molecule has 2 aromatic carbocycles. The van der Waals surface area contributed by atoms with E-state index in [9.17, 15) is 9.59 Å². The first-order valence-corrected chi connectivity index (χ1v) is 12.7. The SMILES string of the molecule is C=CC(=O)N1CCC[C@@H](n2nc(-c3ccc4c(c3)OCO[C@H]4NC(=O)c3ccccc3)c3c(N)ncnc32)C1. The molecule has 0 spiro atoms. The van der Waals surface area contributed by atoms with Gasteiger partial charge < -0.3 is 25.4 Å². The first-order chi connectivity index (χ1) is 19.0. The van der Waals surface area contributed by atoms with Gasteiger partial charge in [-0.2, -0.15) is 5.10 Å². The lowest BCUT2D eigenvalue weighted by Crippen LogP contribution is -2.40. The van der Waals surface area contributed by atoms with Gasteiger partial charge >= 0.3 is 0 Å². The highest BCUT2D eigenvalue weighted by Gasteiger charge is 2.29. The maximum atomic E-state index is 12.7. The number of anilines is 1. The molecule has 0 saturated carbocycles. The Morgan fingerprint density at radius 3 is 2.82 bits per heavy atom. The molecule has 2 aliphatic rings. The summed E-state index contributed by atoms with van der Waals surface area (Å²) in [5.74, 6) is 0.527. The van der Waals surface area contributed by atoms with E-state index in [0.29, 0.717) is 52.5 Å². The normalized spacial score (nSPS) is 18.7. The molecule has 2 atom stereocenters. The van der Waals surface area contributed by atoms with Crippen molar-refractivity contribution in [3.8, 4) is 17.0 Å². The Kier molecular flexibility index (Phi) is 6.41. The highest BCUT2D eigenvalue weighted by molar-refractivity contribution is 5.98. The number of fused-ring (bicyclic) bond motifs is 2. The number of nitrogens with zero attached hydrogens (tertiary/aromatic N) is 5. The maximum absolute atomic E-state index is 12.7. The molecule has 198 valence electrons. The second-order valence-electron chi connectivity index (χ2n) is 9.44. The number of nitrogens with one attached hydrogen (secondary N) is 1. The predicted octanol–water partition coefficient (Wildman–Crippen LogP) is 3.22. The summed E-state index contributed by atoms with van der Waals surface area (Å²) in [6.45, 7) is 4.77. The minimum Gasteiger partial charge on any atom is -0.467 e. The lowest BCUT2D eigenvalue weighted by molar-refractivity contribution is -0.127. The number of amides is 2. The molecule has 11 nitrogen and oxygen atoms in total. The minimum atomic E-state index is -0.672. The van der Waals surface area contributed by atoms with Crippen molar-refractivity contribution in [3.63, 3.8) is 0 Å². The van der Waals surface area contributed by atoms with Crippen molar-refractivity contribution in [3.05, 3.63) is 78.6 Å². The van der Waals surface area contributed by atoms with Gasteiger partial charge in [0.05, 0.1) is 11.4 Å². The van der Waals surface area contributed by atoms with Crippen LogP contribution in [-0.4, -0.2) is 56.3 Å². The number of nitrogen functional groups attached to an aromatic ring is 1. The molecule has 0 unspecified atom stereocenters. The second-order valence-corrected chi connectivity index (χ2v) is 9.44. The van der Waals surface area contributed by atoms with Gasteiger partial charge in [0.25, 0.3) is 5.91 Å². The van der Waals surface area contributed by atoms with Crippen LogP contribution < -0.4 is 15.8 Å². The van der Waals surface area contributed by atoms with Crippen LogP contribution in [0.1, 0.15) is 41.0 Å². The molecule has 2 amide bonds. The number of aromatic nitrogens is 4. The molecular formula is C28H27N7O4. The summed E-state index contributed by atoms with van der Waals surface area (Å²) in [5.41, 5.74) is 9.51. The van der Waals surface area contributed by atoms with E-state index in [1.54, 1.807) is 29.2 Å². The predicted molar refractivity (Wildman–Crippen MR) is 143 cm³/mol. The van der Waals surface area contributed by atoms with Gasteiger partial charge in [0.2, 0.25) is 5.91 Å². The van der Waals surface area contributed by atoms with E-state index in [1.807, 2.05) is 28.9 Å². The van der Waals surface area contributed by atoms with Gasteiger partial charge in [-0.1, -0.05) is 36.9 Å². The van der Waals surface area contributed by atoms with Crippen molar-refractivity contribution in [2.24, 2.45) is 0 Å². The van der Waals surface area contributed by atoms with Gasteiger partial charge in [0.15, 0.2) is 18.7 Å². The number of hydrogen-bond acceptors (Lipinski definition) is 8. The standard InChI is InChI=1S/C28H27N7O4/c1-2-22(36)34-12-6-9-19(14-34)35-26-23(25(29)30-15-31-26)24(33-35)18-10-11-20-21(13-18)38-16-39-28(20)32-27(37)17-7-4-3-5-8-17/h2-5,7-8,10-11,13,15,19,28H,1,6,9,12,14,16H2,(H,32,37)(H2,29,30,31)/t19-,28-/m1/s1. The molecule has 0 radical (unpaired) electrons. The molecule has 0 aliphatic carbocycles. The highest BCUT2D eigenvalue weighted by Crippen LogP contribution is 2.38. The highest BCUT2D eigenvalue weighted by atomic mass is 16.7. The molecule has 1 fully saturated rings. The molecular weight excluding hydrogens is 498 g/mol. The van der Waals surface area contributed by atoms with Crippen molar-refractivity contribution in [2.45, 2.75) is 25.1 Å². The van der Waals surface area contributed by atoms with Crippen molar-refractivity contribution in [1.82, 2.24) is 30.0 Å². The van der Waals surface area contributed by atoms with Crippen molar-refractivity contribution in [1.29, 1.82) is 0 Å². The Bertz CT molecular complexity index is 1570. The number of benzene rings is 2. The summed E-state index contributed by atoms with van der Waals surface area (Å²) in [6, 6.07) is 14.5. The molecule has 3 N–H and O–H groups in total. The Morgan fingerprint density at radius 2 is 2.00 bits per heavy atom. The van der Waals surface area contributed by atoms with Crippen LogP contribution in [0.5, 0.6) is 5.75 Å². The number of rotatable bonds is 5. The molecule has 4 aromatic rings. The van der Waals surface area contributed by atoms with E-state index in [0.717, 1.165) is 18.4 Å². The Morgan fingerprint density at radius 1 is 1.15 bits per heavy atom. The van der Waals surface area contributed by atoms with Crippen LogP contribution in [0.4, 0.5) is 5.82 Å². The van der Waals surface area contributed by atoms with Crippen molar-refractivity contribution >= 4 is 28.7 Å². The first kappa shape index (κ1) is 24.6. The van der Waals surface area contributed by atoms with Gasteiger partial charge in [-0.3, -0.25) is 9.59 Å². The van der Waals surface area contributed by atoms with Crippen molar-refractivity contribution < 1.29 is 19.1 Å². The molecule has 11 heteroatoms. The van der Waals surface area contributed by atoms with Crippen LogP contribution in [0, 0.1) is 0 Å². The first-order valence-electron chi connectivity index (χ1n) is 12.7.